The number of rotatable bonds is 7. The van der Waals surface area contributed by atoms with Crippen molar-refractivity contribution in [1.29, 1.82) is 0 Å². The van der Waals surface area contributed by atoms with Crippen LogP contribution in [0.25, 0.3) is 10.9 Å². The summed E-state index contributed by atoms with van der Waals surface area (Å²) < 4.78 is 101. The Kier molecular flexibility index (Phi) is 8.65. The van der Waals surface area contributed by atoms with Gasteiger partial charge in [0.1, 0.15) is 17.8 Å². The van der Waals surface area contributed by atoms with Gasteiger partial charge in [0.25, 0.3) is 5.91 Å². The number of carbonyl (C=O) groups excluding carboxylic acids is 2. The lowest BCUT2D eigenvalue weighted by atomic mass is 9.95. The largest absolute Gasteiger partial charge is 0.492 e. The number of alkyl halides is 6. The molecule has 2 heterocycles. The van der Waals surface area contributed by atoms with Crippen LogP contribution in [0.5, 0.6) is 5.75 Å². The molecule has 0 unspecified atom stereocenters. The average Bonchev–Trinajstić information content (AvgIpc) is 2.91. The molecule has 1 fully saturated rings. The third kappa shape index (κ3) is 6.70. The van der Waals surface area contributed by atoms with E-state index < -0.39 is 69.9 Å². The highest BCUT2D eigenvalue weighted by atomic mass is 19.4. The number of amides is 2. The van der Waals surface area contributed by atoms with Gasteiger partial charge >= 0.3 is 12.4 Å². The van der Waals surface area contributed by atoms with Crippen LogP contribution in [-0.4, -0.2) is 42.8 Å². The maximum Gasteiger partial charge on any atom is 0.416 e. The Morgan fingerprint density at radius 3 is 2.28 bits per heavy atom. The fourth-order valence-electron chi connectivity index (χ4n) is 5.19. The second-order valence-corrected chi connectivity index (χ2v) is 10.2. The van der Waals surface area contributed by atoms with Crippen molar-refractivity contribution < 1.29 is 45.1 Å². The quantitative estimate of drug-likeness (QED) is 0.376. The molecule has 1 aliphatic heterocycles. The summed E-state index contributed by atoms with van der Waals surface area (Å²) in [6.45, 7) is -0.337. The normalized spacial score (nSPS) is 14.7. The van der Waals surface area contributed by atoms with Crippen LogP contribution in [0.1, 0.15) is 39.9 Å². The molecule has 3 aromatic rings. The fraction of sp³-hybridized carbons (Fsp3) is 0.393. The number of nitrogens with one attached hydrogen (secondary N) is 1. The molecular weight excluding hydrogens is 589 g/mol. The first kappa shape index (κ1) is 31.6. The second-order valence-electron chi connectivity index (χ2n) is 10.2. The zero-order valence-electron chi connectivity index (χ0n) is 23.0. The minimum absolute atomic E-state index is 0.139. The average molecular weight is 617 g/mol. The SMILES string of the molecule is COc1c(N2CCC(C(N)=O)CC2)c(F)cc2c(=O)c(C(=O)NCc3ccc(C(F)(F)F)cc3C)cn(CC(F)(F)F)c12. The van der Waals surface area contributed by atoms with Crippen LogP contribution in [0.4, 0.5) is 36.4 Å². The lowest BCUT2D eigenvalue weighted by molar-refractivity contribution is -0.140. The molecule has 0 bridgehead atoms. The Bertz CT molecular complexity index is 1620. The van der Waals surface area contributed by atoms with E-state index in [1.165, 1.54) is 11.8 Å². The minimum Gasteiger partial charge on any atom is -0.492 e. The van der Waals surface area contributed by atoms with Crippen molar-refractivity contribution in [2.24, 2.45) is 11.7 Å². The van der Waals surface area contributed by atoms with E-state index in [0.717, 1.165) is 31.4 Å². The first-order valence-corrected chi connectivity index (χ1v) is 13.0. The smallest absolute Gasteiger partial charge is 0.416 e. The number of benzene rings is 2. The van der Waals surface area contributed by atoms with Crippen LogP contribution in [0.15, 0.2) is 35.3 Å². The van der Waals surface area contributed by atoms with Gasteiger partial charge in [-0.05, 0) is 49.1 Å². The number of hydrogen-bond acceptors (Lipinski definition) is 5. The number of piperidine rings is 1. The van der Waals surface area contributed by atoms with Crippen molar-refractivity contribution in [3.05, 3.63) is 68.8 Å². The predicted octanol–water partition coefficient (Wildman–Crippen LogP) is 4.67. The number of nitrogens with two attached hydrogens (primary N) is 1. The summed E-state index contributed by atoms with van der Waals surface area (Å²) in [6, 6.07) is 3.55. The number of ether oxygens (including phenoxy) is 1. The van der Waals surface area contributed by atoms with Gasteiger partial charge in [-0.2, -0.15) is 26.3 Å². The topological polar surface area (TPSA) is 107 Å². The molecule has 8 nitrogen and oxygen atoms in total. The number of nitrogens with zero attached hydrogens (tertiary/aromatic N) is 2. The van der Waals surface area contributed by atoms with Crippen molar-refractivity contribution in [2.45, 2.75) is 45.2 Å². The number of halogens is 7. The third-order valence-electron chi connectivity index (χ3n) is 7.37. The van der Waals surface area contributed by atoms with E-state index in [4.69, 9.17) is 10.5 Å². The van der Waals surface area contributed by atoms with Gasteiger partial charge in [0.2, 0.25) is 11.3 Å². The Morgan fingerprint density at radius 2 is 1.74 bits per heavy atom. The molecular formula is C28H27F7N4O4. The van der Waals surface area contributed by atoms with E-state index in [1.807, 2.05) is 0 Å². The van der Waals surface area contributed by atoms with Crippen LogP contribution in [0, 0.1) is 18.7 Å². The van der Waals surface area contributed by atoms with Crippen molar-refractivity contribution in [1.82, 2.24) is 9.88 Å². The van der Waals surface area contributed by atoms with Crippen molar-refractivity contribution >= 4 is 28.4 Å². The lowest BCUT2D eigenvalue weighted by Crippen LogP contribution is -2.39. The van der Waals surface area contributed by atoms with Gasteiger partial charge in [-0.15, -0.1) is 0 Å². The van der Waals surface area contributed by atoms with Gasteiger partial charge in [-0.25, -0.2) is 4.39 Å². The molecule has 0 saturated carbocycles. The third-order valence-corrected chi connectivity index (χ3v) is 7.37. The molecule has 232 valence electrons. The number of primary amides is 1. The first-order valence-electron chi connectivity index (χ1n) is 13.0. The first-order chi connectivity index (χ1) is 20.0. The van der Waals surface area contributed by atoms with E-state index >= 15 is 4.39 Å². The Labute approximate surface area is 240 Å². The van der Waals surface area contributed by atoms with Crippen molar-refractivity contribution in [3.63, 3.8) is 0 Å². The maximum atomic E-state index is 15.6. The molecule has 15 heteroatoms. The van der Waals surface area contributed by atoms with Gasteiger partial charge in [0.15, 0.2) is 11.6 Å². The zero-order chi connectivity index (χ0) is 31.9. The molecule has 4 rings (SSSR count). The van der Waals surface area contributed by atoms with E-state index in [9.17, 15) is 40.7 Å². The van der Waals surface area contributed by atoms with Gasteiger partial charge < -0.3 is 25.3 Å². The molecule has 0 radical (unpaired) electrons. The van der Waals surface area contributed by atoms with Crippen molar-refractivity contribution in [2.75, 3.05) is 25.1 Å². The number of carbonyl (C=O) groups is 2. The Morgan fingerprint density at radius 1 is 1.09 bits per heavy atom. The monoisotopic (exact) mass is 616 g/mol. The molecule has 3 N–H and O–H groups in total. The van der Waals surface area contributed by atoms with E-state index in [1.54, 1.807) is 0 Å². The highest BCUT2D eigenvalue weighted by Gasteiger charge is 2.34. The summed E-state index contributed by atoms with van der Waals surface area (Å²) in [7, 11) is 1.10. The standard InChI is InChI=1S/C28H27F7N4O4/c1-14-9-17(28(33,34)35)4-3-16(14)11-37-26(42)19-12-39(13-27(30,31)32)21-18(23(19)40)10-20(29)22(24(21)43-2)38-7-5-15(6-8-38)25(36)41/h3-4,9-10,12,15H,5-8,11,13H2,1-2H3,(H2,36,41)(H,37,42). The molecule has 2 amide bonds. The van der Waals surface area contributed by atoms with Crippen LogP contribution in [-0.2, 0) is 24.1 Å². The molecule has 1 aliphatic rings. The number of hydrogen-bond donors (Lipinski definition) is 2. The Hall–Kier alpha value is -4.30. The molecule has 43 heavy (non-hydrogen) atoms. The van der Waals surface area contributed by atoms with E-state index in [0.29, 0.717) is 10.8 Å². The Balaban J connectivity index is 1.76. The minimum atomic E-state index is -4.83. The van der Waals surface area contributed by atoms with Crippen LogP contribution < -0.4 is 26.1 Å². The highest BCUT2D eigenvalue weighted by Crippen LogP contribution is 2.40. The number of anilines is 1. The summed E-state index contributed by atoms with van der Waals surface area (Å²) in [6.07, 6.45) is -8.19. The predicted molar refractivity (Wildman–Crippen MR) is 142 cm³/mol. The van der Waals surface area contributed by atoms with Gasteiger partial charge in [0, 0.05) is 31.7 Å². The zero-order valence-corrected chi connectivity index (χ0v) is 23.0. The number of fused-ring (bicyclic) bond motifs is 1. The van der Waals surface area contributed by atoms with Crippen molar-refractivity contribution in [3.8, 4) is 5.75 Å². The number of aryl methyl sites for hydroxylation is 1. The molecule has 1 aromatic heterocycles. The summed E-state index contributed by atoms with van der Waals surface area (Å²) in [5.41, 5.74) is 2.49. The fourth-order valence-corrected chi connectivity index (χ4v) is 5.19. The lowest BCUT2D eigenvalue weighted by Gasteiger charge is -2.34. The number of methoxy groups -OCH3 is 1. The van der Waals surface area contributed by atoms with Crippen LogP contribution in [0.2, 0.25) is 0 Å². The summed E-state index contributed by atoms with van der Waals surface area (Å²) >= 11 is 0. The number of pyridine rings is 1. The second kappa shape index (κ2) is 11.8. The molecule has 0 aliphatic carbocycles. The van der Waals surface area contributed by atoms with Gasteiger partial charge in [-0.1, -0.05) is 6.07 Å². The maximum absolute atomic E-state index is 15.6. The highest BCUT2D eigenvalue weighted by molar-refractivity contribution is 5.99. The summed E-state index contributed by atoms with van der Waals surface area (Å²) in [4.78, 5) is 39.4. The molecule has 0 spiro atoms. The van der Waals surface area contributed by atoms with E-state index in [2.05, 4.69) is 5.32 Å². The molecule has 0 atom stereocenters. The van der Waals surface area contributed by atoms with Gasteiger partial charge in [0.05, 0.1) is 23.6 Å². The summed E-state index contributed by atoms with van der Waals surface area (Å²) in [5, 5.41) is 1.80. The van der Waals surface area contributed by atoms with Crippen LogP contribution in [0.3, 0.4) is 0 Å². The van der Waals surface area contributed by atoms with E-state index in [-0.39, 0.29) is 55.0 Å². The molecule has 2 aromatic carbocycles. The van der Waals surface area contributed by atoms with Gasteiger partial charge in [-0.3, -0.25) is 14.4 Å². The molecule has 1 saturated heterocycles. The summed E-state index contributed by atoms with van der Waals surface area (Å²) in [5.74, 6) is -3.44. The van der Waals surface area contributed by atoms with Crippen LogP contribution >= 0.6 is 0 Å². The number of aromatic nitrogens is 1.